The zero-order valence-electron chi connectivity index (χ0n) is 10.9. The number of imidazole rings is 1. The molecule has 1 aromatic rings. The van der Waals surface area contributed by atoms with Crippen LogP contribution in [0.3, 0.4) is 0 Å². The van der Waals surface area contributed by atoms with Crippen molar-refractivity contribution < 1.29 is 9.39 Å². The van der Waals surface area contributed by atoms with E-state index >= 15 is 0 Å². The van der Waals surface area contributed by atoms with E-state index in [4.69, 9.17) is 9.39 Å². The molecule has 1 radical (unpaired) electrons. The van der Waals surface area contributed by atoms with Crippen LogP contribution in [0.5, 0.6) is 0 Å². The van der Waals surface area contributed by atoms with Crippen LogP contribution >= 0.6 is 0 Å². The van der Waals surface area contributed by atoms with Crippen molar-refractivity contribution in [2.24, 2.45) is 7.05 Å². The molecule has 1 aromatic heterocycles. The smallest absolute Gasteiger partial charge is 0.350 e. The van der Waals surface area contributed by atoms with Gasteiger partial charge in [0.1, 0.15) is 0 Å². The second-order valence-corrected chi connectivity index (χ2v) is 4.89. The highest BCUT2D eigenvalue weighted by Crippen LogP contribution is 2.27. The Bertz CT molecular complexity index is 348. The van der Waals surface area contributed by atoms with Gasteiger partial charge >= 0.3 is 7.48 Å². The normalized spacial score (nSPS) is 12.9. The quantitative estimate of drug-likeness (QED) is 0.695. The molecule has 0 spiro atoms. The molecule has 0 unspecified atom stereocenters. The minimum atomic E-state index is -0.411. The Labute approximate surface area is 98.2 Å². The molecule has 0 N–H and O–H groups in total. The Kier molecular flexibility index (Phi) is 3.81. The summed E-state index contributed by atoms with van der Waals surface area (Å²) in [7, 11) is 5.33. The fraction of sp³-hybridized carbons (Fsp3) is 0.727. The maximum absolute atomic E-state index is 5.80. The summed E-state index contributed by atoms with van der Waals surface area (Å²) >= 11 is 0. The van der Waals surface area contributed by atoms with Gasteiger partial charge in [0.15, 0.2) is 0 Å². The van der Waals surface area contributed by atoms with Gasteiger partial charge in [-0.15, -0.1) is 0 Å². The molecule has 0 fully saturated rings. The van der Waals surface area contributed by atoms with Gasteiger partial charge in [0.2, 0.25) is 0 Å². The molecule has 5 heteroatoms. The predicted molar refractivity (Wildman–Crippen MR) is 64.8 cm³/mol. The molecule has 0 atom stereocenters. The van der Waals surface area contributed by atoms with E-state index in [-0.39, 0.29) is 5.60 Å². The van der Waals surface area contributed by atoms with Crippen molar-refractivity contribution in [2.75, 3.05) is 7.11 Å². The minimum Gasteiger partial charge on any atom is -0.425 e. The molecule has 1 rings (SSSR count). The number of hydrogen-bond acceptors (Lipinski definition) is 3. The summed E-state index contributed by atoms with van der Waals surface area (Å²) in [5.41, 5.74) is 0.161. The fourth-order valence-electron chi connectivity index (χ4n) is 1.08. The molecule has 0 saturated heterocycles. The molecule has 4 nitrogen and oxygen atoms in total. The molecule has 89 valence electrons. The van der Waals surface area contributed by atoms with Gasteiger partial charge in [-0.05, 0) is 27.7 Å². The van der Waals surface area contributed by atoms with Gasteiger partial charge in [-0.1, -0.05) is 0 Å². The molecule has 16 heavy (non-hydrogen) atoms. The van der Waals surface area contributed by atoms with Gasteiger partial charge in [-0.25, -0.2) is 4.98 Å². The van der Waals surface area contributed by atoms with Crippen LogP contribution in [0.25, 0.3) is 0 Å². The number of aryl methyl sites for hydroxylation is 1. The van der Waals surface area contributed by atoms with E-state index < -0.39 is 5.60 Å². The van der Waals surface area contributed by atoms with Crippen molar-refractivity contribution in [2.45, 2.75) is 38.9 Å². The zero-order valence-corrected chi connectivity index (χ0v) is 10.9. The van der Waals surface area contributed by atoms with E-state index in [1.807, 2.05) is 39.3 Å². The standard InChI is InChI=1S/C11H20BN2O2/c1-10(2,15-6)11(3,4)16-12-9-7-13-8-14(9)5/h7-8H,1-6H3. The number of nitrogens with zero attached hydrogens (tertiary/aromatic N) is 2. The summed E-state index contributed by atoms with van der Waals surface area (Å²) in [6, 6.07) is 0. The van der Waals surface area contributed by atoms with Gasteiger partial charge in [-0.3, -0.25) is 0 Å². The molecule has 0 saturated carbocycles. The summed E-state index contributed by atoms with van der Waals surface area (Å²) in [5.74, 6) is 0. The molecule has 0 aliphatic rings. The SMILES string of the molecule is COC(C)(C)C(C)(C)O[B]c1cncn1C. The van der Waals surface area contributed by atoms with Crippen molar-refractivity contribution in [1.82, 2.24) is 9.55 Å². The van der Waals surface area contributed by atoms with E-state index in [0.29, 0.717) is 0 Å². The molecule has 1 heterocycles. The van der Waals surface area contributed by atoms with Crippen LogP contribution in [0, 0.1) is 0 Å². The summed E-state index contributed by atoms with van der Waals surface area (Å²) in [4.78, 5) is 4.03. The topological polar surface area (TPSA) is 36.3 Å². The minimum absolute atomic E-state index is 0.359. The lowest BCUT2D eigenvalue weighted by Crippen LogP contribution is -2.51. The number of methoxy groups -OCH3 is 1. The largest absolute Gasteiger partial charge is 0.425 e. The molecule has 0 bridgehead atoms. The Morgan fingerprint density at radius 3 is 2.31 bits per heavy atom. The highest BCUT2D eigenvalue weighted by molar-refractivity contribution is 6.45. The van der Waals surface area contributed by atoms with Crippen molar-refractivity contribution in [3.8, 4) is 0 Å². The van der Waals surface area contributed by atoms with Crippen LogP contribution in [0.4, 0.5) is 0 Å². The third-order valence-electron chi connectivity index (χ3n) is 3.29. The second kappa shape index (κ2) is 4.59. The molecular formula is C11H20BN2O2. The first kappa shape index (κ1) is 13.3. The van der Waals surface area contributed by atoms with Crippen molar-refractivity contribution in [3.63, 3.8) is 0 Å². The molecular weight excluding hydrogens is 203 g/mol. The van der Waals surface area contributed by atoms with Crippen LogP contribution < -0.4 is 5.59 Å². The number of rotatable bonds is 5. The number of ether oxygens (including phenoxy) is 1. The summed E-state index contributed by atoms with van der Waals surface area (Å²) < 4.78 is 13.1. The third-order valence-corrected chi connectivity index (χ3v) is 3.29. The van der Waals surface area contributed by atoms with E-state index in [1.54, 1.807) is 27.1 Å². The number of aromatic nitrogens is 2. The fourth-order valence-corrected chi connectivity index (χ4v) is 1.08. The van der Waals surface area contributed by atoms with Crippen LogP contribution in [0.2, 0.25) is 0 Å². The van der Waals surface area contributed by atoms with E-state index in [2.05, 4.69) is 4.98 Å². The maximum Gasteiger partial charge on any atom is 0.350 e. The first-order valence-electron chi connectivity index (χ1n) is 5.32. The lowest BCUT2D eigenvalue weighted by Gasteiger charge is -2.40. The highest BCUT2D eigenvalue weighted by Gasteiger charge is 2.38. The van der Waals surface area contributed by atoms with Gasteiger partial charge in [-0.2, -0.15) is 0 Å². The lowest BCUT2D eigenvalue weighted by molar-refractivity contribution is -0.114. The summed E-state index contributed by atoms with van der Waals surface area (Å²) in [6.07, 6.45) is 3.50. The molecule has 0 aromatic carbocycles. The average Bonchev–Trinajstić information content (AvgIpc) is 2.61. The van der Waals surface area contributed by atoms with Crippen molar-refractivity contribution in [1.29, 1.82) is 0 Å². The maximum atomic E-state index is 5.80. The Morgan fingerprint density at radius 1 is 1.25 bits per heavy atom. The Balaban J connectivity index is 2.64. The second-order valence-electron chi connectivity index (χ2n) is 4.89. The predicted octanol–water partition coefficient (Wildman–Crippen LogP) is 0.885. The van der Waals surface area contributed by atoms with E-state index in [1.165, 1.54) is 0 Å². The van der Waals surface area contributed by atoms with Crippen LogP contribution in [0.1, 0.15) is 27.7 Å². The molecule has 0 amide bonds. The zero-order chi connectivity index (χ0) is 12.4. The van der Waals surface area contributed by atoms with Gasteiger partial charge in [0, 0.05) is 25.9 Å². The van der Waals surface area contributed by atoms with Crippen LogP contribution in [0.15, 0.2) is 12.5 Å². The van der Waals surface area contributed by atoms with Gasteiger partial charge < -0.3 is 14.0 Å². The number of hydrogen-bond donors (Lipinski definition) is 0. The Morgan fingerprint density at radius 2 is 1.88 bits per heavy atom. The third kappa shape index (κ3) is 2.65. The van der Waals surface area contributed by atoms with Crippen molar-refractivity contribution in [3.05, 3.63) is 12.5 Å². The Hall–Kier alpha value is -0.805. The van der Waals surface area contributed by atoms with E-state index in [0.717, 1.165) is 5.59 Å². The lowest BCUT2D eigenvalue weighted by atomic mass is 9.85. The summed E-state index contributed by atoms with van der Waals surface area (Å²) in [5, 5.41) is 0. The van der Waals surface area contributed by atoms with Gasteiger partial charge in [0.05, 0.1) is 17.5 Å². The highest BCUT2D eigenvalue weighted by atomic mass is 16.5. The van der Waals surface area contributed by atoms with Crippen LogP contribution in [-0.2, 0) is 16.4 Å². The van der Waals surface area contributed by atoms with Crippen LogP contribution in [-0.4, -0.2) is 35.3 Å². The first-order valence-corrected chi connectivity index (χ1v) is 5.32. The average molecular weight is 223 g/mol. The monoisotopic (exact) mass is 223 g/mol. The first-order chi connectivity index (χ1) is 7.30. The van der Waals surface area contributed by atoms with Crippen molar-refractivity contribution >= 4 is 13.1 Å². The molecule has 0 aliphatic carbocycles. The molecule has 0 aliphatic heterocycles. The summed E-state index contributed by atoms with van der Waals surface area (Å²) in [6.45, 7) is 8.01. The van der Waals surface area contributed by atoms with E-state index in [9.17, 15) is 0 Å². The van der Waals surface area contributed by atoms with Gasteiger partial charge in [0.25, 0.3) is 0 Å².